The Labute approximate surface area is 171 Å². The molecule has 0 aliphatic carbocycles. The second-order valence-electron chi connectivity index (χ2n) is 5.90. The van der Waals surface area contributed by atoms with Crippen molar-refractivity contribution in [3.63, 3.8) is 0 Å². The number of sulfonamides is 1. The summed E-state index contributed by atoms with van der Waals surface area (Å²) in [6, 6.07) is 9.58. The molecule has 0 spiro atoms. The summed E-state index contributed by atoms with van der Waals surface area (Å²) in [5.41, 5.74) is 0.398. The normalized spacial score (nSPS) is 11.4. The highest BCUT2D eigenvalue weighted by Gasteiger charge is 2.16. The average molecular weight is 439 g/mol. The van der Waals surface area contributed by atoms with E-state index in [2.05, 4.69) is 20.2 Å². The minimum atomic E-state index is -3.91. The van der Waals surface area contributed by atoms with Gasteiger partial charge in [0.15, 0.2) is 5.69 Å². The summed E-state index contributed by atoms with van der Waals surface area (Å²) in [4.78, 5) is 11.9. The molecule has 2 aromatic heterocycles. The van der Waals surface area contributed by atoms with E-state index in [1.165, 1.54) is 12.1 Å². The highest BCUT2D eigenvalue weighted by Crippen LogP contribution is 2.19. The number of benzene rings is 1. The van der Waals surface area contributed by atoms with Crippen LogP contribution in [0.15, 0.2) is 58.0 Å². The lowest BCUT2D eigenvalue weighted by Crippen LogP contribution is -2.27. The number of aromatic nitrogens is 2. The van der Waals surface area contributed by atoms with Crippen LogP contribution in [0.4, 0.5) is 4.39 Å². The number of halogens is 2. The highest BCUT2D eigenvalue weighted by atomic mass is 35.5. The van der Waals surface area contributed by atoms with Gasteiger partial charge in [0.25, 0.3) is 5.91 Å². The molecule has 0 saturated carbocycles. The van der Waals surface area contributed by atoms with Gasteiger partial charge in [-0.15, -0.1) is 5.10 Å². The first-order valence-electron chi connectivity index (χ1n) is 8.43. The minimum absolute atomic E-state index is 0.0985. The summed E-state index contributed by atoms with van der Waals surface area (Å²) < 4.78 is 45.2. The Bertz CT molecular complexity index is 1090. The van der Waals surface area contributed by atoms with Gasteiger partial charge in [0.2, 0.25) is 10.0 Å². The van der Waals surface area contributed by atoms with Crippen LogP contribution in [0.25, 0.3) is 0 Å². The molecule has 0 saturated heterocycles. The van der Waals surface area contributed by atoms with E-state index in [9.17, 15) is 17.6 Å². The lowest BCUT2D eigenvalue weighted by atomic mass is 10.3. The van der Waals surface area contributed by atoms with Gasteiger partial charge >= 0.3 is 0 Å². The summed E-state index contributed by atoms with van der Waals surface area (Å²) in [5.74, 6) is -0.367. The van der Waals surface area contributed by atoms with Gasteiger partial charge in [0.05, 0.1) is 28.4 Å². The third-order valence-electron chi connectivity index (χ3n) is 3.83. The monoisotopic (exact) mass is 438 g/mol. The molecule has 2 N–H and O–H groups in total. The Morgan fingerprint density at radius 2 is 2.00 bits per heavy atom. The van der Waals surface area contributed by atoms with Gasteiger partial charge in [-0.2, -0.15) is 5.10 Å². The van der Waals surface area contributed by atoms with Crippen LogP contribution in [0, 0.1) is 5.82 Å². The van der Waals surface area contributed by atoms with E-state index in [0.717, 1.165) is 24.0 Å². The van der Waals surface area contributed by atoms with Gasteiger partial charge in [-0.3, -0.25) is 4.79 Å². The Hall–Kier alpha value is -2.82. The number of hydrogen-bond donors (Lipinski definition) is 2. The molecule has 152 valence electrons. The number of hydrogen-bond acceptors (Lipinski definition) is 6. The third kappa shape index (κ3) is 5.59. The fourth-order valence-corrected chi connectivity index (χ4v) is 3.59. The van der Waals surface area contributed by atoms with E-state index in [1.807, 2.05) is 6.07 Å². The van der Waals surface area contributed by atoms with Crippen LogP contribution in [0.3, 0.4) is 0 Å². The molecule has 29 heavy (non-hydrogen) atoms. The van der Waals surface area contributed by atoms with Gasteiger partial charge < -0.3 is 9.73 Å². The van der Waals surface area contributed by atoms with Crippen LogP contribution < -0.4 is 10.0 Å². The van der Waals surface area contributed by atoms with E-state index < -0.39 is 21.7 Å². The number of carbonyl (C=O) groups is 1. The molecule has 1 aromatic carbocycles. The summed E-state index contributed by atoms with van der Waals surface area (Å²) in [6.07, 6.45) is 2.10. The van der Waals surface area contributed by atoms with Gasteiger partial charge in [0.1, 0.15) is 11.6 Å². The molecular weight excluding hydrogens is 423 g/mol. The number of nitrogens with zero attached hydrogens (tertiary/aromatic N) is 2. The molecule has 0 fully saturated rings. The van der Waals surface area contributed by atoms with E-state index in [1.54, 1.807) is 12.3 Å². The zero-order valence-electron chi connectivity index (χ0n) is 14.9. The fraction of sp³-hybridized carbons (Fsp3) is 0.167. The molecule has 3 aromatic rings. The molecule has 1 amide bonds. The maximum Gasteiger partial charge on any atom is 0.271 e. The summed E-state index contributed by atoms with van der Waals surface area (Å²) >= 11 is 5.62. The second kappa shape index (κ2) is 9.12. The van der Waals surface area contributed by atoms with E-state index in [-0.39, 0.29) is 22.2 Å². The predicted molar refractivity (Wildman–Crippen MR) is 102 cm³/mol. The Morgan fingerprint density at radius 1 is 1.17 bits per heavy atom. The van der Waals surface area contributed by atoms with Crippen molar-refractivity contribution >= 4 is 27.5 Å². The van der Waals surface area contributed by atoms with Gasteiger partial charge in [-0.25, -0.2) is 17.5 Å². The van der Waals surface area contributed by atoms with Gasteiger partial charge in [0, 0.05) is 13.0 Å². The van der Waals surface area contributed by atoms with Crippen LogP contribution in [0.5, 0.6) is 0 Å². The highest BCUT2D eigenvalue weighted by molar-refractivity contribution is 7.89. The molecule has 0 aliphatic rings. The van der Waals surface area contributed by atoms with Crippen molar-refractivity contribution in [3.8, 4) is 0 Å². The number of furan rings is 1. The summed E-state index contributed by atoms with van der Waals surface area (Å²) in [5, 5.41) is 10.0. The zero-order valence-corrected chi connectivity index (χ0v) is 16.5. The van der Waals surface area contributed by atoms with Crippen molar-refractivity contribution < 1.29 is 22.0 Å². The number of amides is 1. The van der Waals surface area contributed by atoms with Crippen LogP contribution in [-0.4, -0.2) is 31.1 Å². The lowest BCUT2D eigenvalue weighted by molar-refractivity contribution is 0.0947. The lowest BCUT2D eigenvalue weighted by Gasteiger charge is -2.07. The predicted octanol–water partition coefficient (Wildman–Crippen LogP) is 2.31. The molecule has 11 heteroatoms. The van der Waals surface area contributed by atoms with Crippen molar-refractivity contribution in [2.24, 2.45) is 0 Å². The molecule has 8 nitrogen and oxygen atoms in total. The van der Waals surface area contributed by atoms with Crippen molar-refractivity contribution in [2.75, 3.05) is 6.54 Å². The van der Waals surface area contributed by atoms with Crippen LogP contribution in [0.2, 0.25) is 5.02 Å². The first-order valence-corrected chi connectivity index (χ1v) is 10.3. The molecule has 0 bridgehead atoms. The van der Waals surface area contributed by atoms with Crippen molar-refractivity contribution in [1.82, 2.24) is 20.2 Å². The van der Waals surface area contributed by atoms with E-state index in [0.29, 0.717) is 18.7 Å². The summed E-state index contributed by atoms with van der Waals surface area (Å²) in [7, 11) is -3.91. The van der Waals surface area contributed by atoms with Crippen molar-refractivity contribution in [1.29, 1.82) is 0 Å². The maximum absolute atomic E-state index is 13.2. The van der Waals surface area contributed by atoms with Gasteiger partial charge in [-0.05, 0) is 42.5 Å². The van der Waals surface area contributed by atoms with E-state index >= 15 is 0 Å². The largest absolute Gasteiger partial charge is 0.469 e. The average Bonchev–Trinajstić information content (AvgIpc) is 3.22. The maximum atomic E-state index is 13.2. The molecule has 3 rings (SSSR count). The smallest absolute Gasteiger partial charge is 0.271 e. The summed E-state index contributed by atoms with van der Waals surface area (Å²) in [6.45, 7) is 0.209. The molecule has 0 radical (unpaired) electrons. The minimum Gasteiger partial charge on any atom is -0.469 e. The molecule has 0 aliphatic heterocycles. The van der Waals surface area contributed by atoms with Crippen LogP contribution in [-0.2, 0) is 23.0 Å². The Balaban J connectivity index is 1.54. The third-order valence-corrected chi connectivity index (χ3v) is 5.52. The Morgan fingerprint density at radius 3 is 2.66 bits per heavy atom. The fourth-order valence-electron chi connectivity index (χ4n) is 2.32. The zero-order chi connectivity index (χ0) is 20.9. The number of nitrogens with one attached hydrogen (secondary N) is 2. The second-order valence-corrected chi connectivity index (χ2v) is 8.07. The first-order chi connectivity index (χ1) is 13.8. The molecule has 0 atom stereocenters. The standard InChI is InChI=1S/C18H16ClFN4O4S/c19-15-10-14(4-5-16(15)20)29(26,27)22-11-12-3-6-17(24-23-12)18(25)21-8-7-13-2-1-9-28-13/h1-6,9-10,22H,7-8,11H2,(H,21,25). The number of rotatable bonds is 8. The quantitative estimate of drug-likeness (QED) is 0.557. The molecule has 0 unspecified atom stereocenters. The van der Waals surface area contributed by atoms with Crippen LogP contribution in [0.1, 0.15) is 21.9 Å². The van der Waals surface area contributed by atoms with Crippen molar-refractivity contribution in [3.05, 3.63) is 76.7 Å². The topological polar surface area (TPSA) is 114 Å². The first kappa shape index (κ1) is 20.9. The molecule has 2 heterocycles. The van der Waals surface area contributed by atoms with Crippen LogP contribution >= 0.6 is 11.6 Å². The van der Waals surface area contributed by atoms with Gasteiger partial charge in [-0.1, -0.05) is 11.6 Å². The molecular formula is C18H16ClFN4O4S. The number of carbonyl (C=O) groups excluding carboxylic acids is 1. The SMILES string of the molecule is O=C(NCCc1ccco1)c1ccc(CNS(=O)(=O)c2ccc(F)c(Cl)c2)nn1. The van der Waals surface area contributed by atoms with E-state index in [4.69, 9.17) is 16.0 Å². The Kier molecular flexibility index (Phi) is 6.57. The van der Waals surface area contributed by atoms with Crippen molar-refractivity contribution in [2.45, 2.75) is 17.9 Å².